The molecular formula is C26H54O4Si2. The summed E-state index contributed by atoms with van der Waals surface area (Å²) in [6, 6.07) is 2.12. The van der Waals surface area contributed by atoms with Crippen molar-refractivity contribution >= 4 is 28.1 Å². The van der Waals surface area contributed by atoms with Crippen molar-refractivity contribution in [3.8, 4) is 0 Å². The monoisotopic (exact) mass is 486 g/mol. The molecule has 0 bridgehead atoms. The van der Waals surface area contributed by atoms with Crippen molar-refractivity contribution in [2.24, 2.45) is 0 Å². The van der Waals surface area contributed by atoms with Gasteiger partial charge in [-0.15, -0.1) is 0 Å². The van der Waals surface area contributed by atoms with Crippen LogP contribution in [-0.4, -0.2) is 41.3 Å². The number of ether oxygens (including phenoxy) is 2. The van der Waals surface area contributed by atoms with Crippen molar-refractivity contribution in [1.82, 2.24) is 0 Å². The van der Waals surface area contributed by atoms with E-state index in [0.29, 0.717) is 26.1 Å². The summed E-state index contributed by atoms with van der Waals surface area (Å²) in [5.74, 6) is -0.0237. The molecule has 32 heavy (non-hydrogen) atoms. The number of esters is 2. The molecule has 0 aliphatic carbocycles. The van der Waals surface area contributed by atoms with E-state index in [2.05, 4.69) is 39.3 Å². The van der Waals surface area contributed by atoms with Gasteiger partial charge in [-0.1, -0.05) is 103 Å². The summed E-state index contributed by atoms with van der Waals surface area (Å²) in [7, 11) is -2.20. The summed E-state index contributed by atoms with van der Waals surface area (Å²) < 4.78 is 10.7. The first-order valence-corrected chi connectivity index (χ1v) is 20.7. The van der Waals surface area contributed by atoms with Gasteiger partial charge in [0.05, 0.1) is 13.2 Å². The van der Waals surface area contributed by atoms with Gasteiger partial charge in [0, 0.05) is 29.0 Å². The lowest BCUT2D eigenvalue weighted by molar-refractivity contribution is -0.144. The molecule has 0 saturated heterocycles. The molecule has 4 nitrogen and oxygen atoms in total. The first-order valence-electron chi connectivity index (χ1n) is 13.3. The molecule has 190 valence electrons. The maximum atomic E-state index is 11.7. The van der Waals surface area contributed by atoms with Gasteiger partial charge in [-0.05, 0) is 24.9 Å². The molecule has 0 atom stereocenters. The van der Waals surface area contributed by atoms with Gasteiger partial charge < -0.3 is 9.47 Å². The van der Waals surface area contributed by atoms with Crippen LogP contribution in [0.25, 0.3) is 0 Å². The predicted octanol–water partition coefficient (Wildman–Crippen LogP) is 8.21. The largest absolute Gasteiger partial charge is 0.466 e. The summed E-state index contributed by atoms with van der Waals surface area (Å²) in [5, 5.41) is 0. The number of carbonyl (C=O) groups excluding carboxylic acids is 2. The van der Waals surface area contributed by atoms with Crippen molar-refractivity contribution in [2.45, 2.75) is 141 Å². The second-order valence-corrected chi connectivity index (χ2v) is 23.0. The van der Waals surface area contributed by atoms with Crippen molar-refractivity contribution < 1.29 is 19.1 Å². The molecular weight excluding hydrogens is 432 g/mol. The summed E-state index contributed by atoms with van der Waals surface area (Å²) >= 11 is 0. The summed E-state index contributed by atoms with van der Waals surface area (Å²) in [6.45, 7) is 15.0. The quantitative estimate of drug-likeness (QED) is 0.0931. The fourth-order valence-corrected chi connectivity index (χ4v) is 4.82. The zero-order valence-corrected chi connectivity index (χ0v) is 24.4. The highest BCUT2D eigenvalue weighted by Gasteiger charge is 2.14. The van der Waals surface area contributed by atoms with Gasteiger partial charge in [0.25, 0.3) is 0 Å². The second-order valence-electron chi connectivity index (χ2n) is 11.8. The molecule has 0 saturated carbocycles. The van der Waals surface area contributed by atoms with E-state index >= 15 is 0 Å². The third-order valence-corrected chi connectivity index (χ3v) is 9.15. The topological polar surface area (TPSA) is 52.6 Å². The van der Waals surface area contributed by atoms with Crippen molar-refractivity contribution in [3.05, 3.63) is 0 Å². The molecule has 0 radical (unpaired) electrons. The van der Waals surface area contributed by atoms with E-state index in [4.69, 9.17) is 9.47 Å². The molecule has 6 heteroatoms. The van der Waals surface area contributed by atoms with Crippen LogP contribution in [0.3, 0.4) is 0 Å². The molecule has 0 N–H and O–H groups in total. The Kier molecular flexibility index (Phi) is 18.4. The second kappa shape index (κ2) is 18.8. The molecule has 0 aliphatic heterocycles. The zero-order valence-electron chi connectivity index (χ0n) is 22.4. The van der Waals surface area contributed by atoms with E-state index in [1.807, 2.05) is 0 Å². The molecule has 0 aliphatic rings. The molecule has 0 unspecified atom stereocenters. The summed E-state index contributed by atoms with van der Waals surface area (Å²) in [4.78, 5) is 23.4. The number of carbonyl (C=O) groups is 2. The van der Waals surface area contributed by atoms with Crippen LogP contribution >= 0.6 is 0 Å². The lowest BCUT2D eigenvalue weighted by Gasteiger charge is -2.15. The van der Waals surface area contributed by atoms with Gasteiger partial charge in [0.15, 0.2) is 0 Å². The first kappa shape index (κ1) is 31.4. The maximum Gasteiger partial charge on any atom is 0.305 e. The van der Waals surface area contributed by atoms with E-state index in [0.717, 1.165) is 37.8 Å². The lowest BCUT2D eigenvalue weighted by atomic mass is 10.0. The van der Waals surface area contributed by atoms with Crippen LogP contribution in [0.2, 0.25) is 51.4 Å². The SMILES string of the molecule is C[Si](C)(C)CCOC(=O)CCCCCCCCCCCCCCC(=O)OCC[Si](C)(C)C. The van der Waals surface area contributed by atoms with Crippen LogP contribution < -0.4 is 0 Å². The standard InChI is InChI=1S/C26H54O4Si2/c1-31(2,3)23-21-29-25(27)19-17-15-13-11-9-7-8-10-12-14-16-18-20-26(28)30-22-24-32(4,5)6/h7-24H2,1-6H3. The van der Waals surface area contributed by atoms with Crippen LogP contribution in [0.15, 0.2) is 0 Å². The number of rotatable bonds is 21. The van der Waals surface area contributed by atoms with Crippen LogP contribution in [0.1, 0.15) is 89.9 Å². The van der Waals surface area contributed by atoms with Gasteiger partial charge in [0.1, 0.15) is 0 Å². The van der Waals surface area contributed by atoms with E-state index in [1.54, 1.807) is 0 Å². The zero-order chi connectivity index (χ0) is 24.3. The summed E-state index contributed by atoms with van der Waals surface area (Å²) in [6.07, 6.45) is 15.7. The Balaban J connectivity index is 3.28. The average molecular weight is 487 g/mol. The van der Waals surface area contributed by atoms with Gasteiger partial charge in [-0.3, -0.25) is 9.59 Å². The van der Waals surface area contributed by atoms with Crippen LogP contribution in [0.5, 0.6) is 0 Å². The Hall–Kier alpha value is -0.626. The van der Waals surface area contributed by atoms with E-state index in [-0.39, 0.29) is 11.9 Å². The van der Waals surface area contributed by atoms with E-state index < -0.39 is 16.1 Å². The molecule has 0 amide bonds. The number of hydrogen-bond acceptors (Lipinski definition) is 4. The van der Waals surface area contributed by atoms with E-state index in [1.165, 1.54) is 51.4 Å². The smallest absolute Gasteiger partial charge is 0.305 e. The Bertz CT molecular complexity index is 437. The van der Waals surface area contributed by atoms with Crippen molar-refractivity contribution in [2.75, 3.05) is 13.2 Å². The van der Waals surface area contributed by atoms with Gasteiger partial charge >= 0.3 is 11.9 Å². The van der Waals surface area contributed by atoms with Gasteiger partial charge in [-0.2, -0.15) is 0 Å². The van der Waals surface area contributed by atoms with Crippen molar-refractivity contribution in [1.29, 1.82) is 0 Å². The summed E-state index contributed by atoms with van der Waals surface area (Å²) in [5.41, 5.74) is 0. The molecule has 0 spiro atoms. The predicted molar refractivity (Wildman–Crippen MR) is 143 cm³/mol. The van der Waals surface area contributed by atoms with Crippen LogP contribution in [0.4, 0.5) is 0 Å². The maximum absolute atomic E-state index is 11.7. The average Bonchev–Trinajstić information content (AvgIpc) is 2.66. The number of unbranched alkanes of at least 4 members (excludes halogenated alkanes) is 11. The third kappa shape index (κ3) is 25.6. The number of hydrogen-bond donors (Lipinski definition) is 0. The van der Waals surface area contributed by atoms with Gasteiger partial charge in [-0.25, -0.2) is 0 Å². The Morgan fingerprint density at radius 3 is 0.969 bits per heavy atom. The normalized spacial score (nSPS) is 12.1. The molecule has 0 aromatic rings. The van der Waals surface area contributed by atoms with Gasteiger partial charge in [0.2, 0.25) is 0 Å². The minimum atomic E-state index is -1.10. The molecule has 0 heterocycles. The minimum Gasteiger partial charge on any atom is -0.466 e. The third-order valence-electron chi connectivity index (χ3n) is 5.74. The Labute approximate surface area is 201 Å². The molecule has 0 fully saturated rings. The molecule has 0 aromatic carbocycles. The highest BCUT2D eigenvalue weighted by atomic mass is 28.3. The highest BCUT2D eigenvalue weighted by molar-refractivity contribution is 6.76. The lowest BCUT2D eigenvalue weighted by Crippen LogP contribution is -2.22. The first-order chi connectivity index (χ1) is 15.0. The van der Waals surface area contributed by atoms with Crippen molar-refractivity contribution in [3.63, 3.8) is 0 Å². The van der Waals surface area contributed by atoms with Crippen LogP contribution in [-0.2, 0) is 19.1 Å². The fraction of sp³-hybridized carbons (Fsp3) is 0.923. The highest BCUT2D eigenvalue weighted by Crippen LogP contribution is 2.14. The molecule has 0 aromatic heterocycles. The van der Waals surface area contributed by atoms with Crippen LogP contribution in [0, 0.1) is 0 Å². The minimum absolute atomic E-state index is 0.0119. The Morgan fingerprint density at radius 2 is 0.719 bits per heavy atom. The molecule has 0 rings (SSSR count). The Morgan fingerprint density at radius 1 is 0.469 bits per heavy atom. The van der Waals surface area contributed by atoms with E-state index in [9.17, 15) is 9.59 Å². The fourth-order valence-electron chi connectivity index (χ4n) is 3.39.